The number of rotatable bonds is 2. The first-order valence-corrected chi connectivity index (χ1v) is 5.02. The van der Waals surface area contributed by atoms with E-state index >= 15 is 0 Å². The van der Waals surface area contributed by atoms with E-state index in [1.54, 1.807) is 0 Å². The monoisotopic (exact) mass is 264 g/mol. The smallest absolute Gasteiger partial charge is 0.392 e. The molecule has 4 nitrogen and oxygen atoms in total. The quantitative estimate of drug-likeness (QED) is 0.386. The Bertz CT molecular complexity index is 515. The van der Waals surface area contributed by atoms with Crippen LogP contribution < -0.4 is 5.73 Å². The molecule has 0 heterocycles. The number of nitro groups is 1. The van der Waals surface area contributed by atoms with Gasteiger partial charge in [-0.1, -0.05) is 0 Å². The average Bonchev–Trinajstić information content (AvgIpc) is 2.99. The second kappa shape index (κ2) is 3.82. The van der Waals surface area contributed by atoms with Gasteiger partial charge in [0.25, 0.3) is 0 Å². The van der Waals surface area contributed by atoms with Gasteiger partial charge in [0.1, 0.15) is 0 Å². The minimum absolute atomic E-state index is 0.0135. The molecule has 0 aliphatic heterocycles. The van der Waals surface area contributed by atoms with Gasteiger partial charge in [-0.15, -0.1) is 0 Å². The number of hydrogen-bond acceptors (Lipinski definition) is 3. The van der Waals surface area contributed by atoms with Crippen molar-refractivity contribution < 1.29 is 22.5 Å². The first-order valence-electron chi connectivity index (χ1n) is 5.02. The summed E-state index contributed by atoms with van der Waals surface area (Å²) in [7, 11) is 0. The van der Waals surface area contributed by atoms with E-state index in [1.807, 2.05) is 0 Å². The second-order valence-electron chi connectivity index (χ2n) is 4.18. The van der Waals surface area contributed by atoms with Gasteiger partial charge in [0.05, 0.1) is 10.8 Å². The van der Waals surface area contributed by atoms with Crippen molar-refractivity contribution in [3.63, 3.8) is 0 Å². The fourth-order valence-corrected chi connectivity index (χ4v) is 1.95. The summed E-state index contributed by atoms with van der Waals surface area (Å²) >= 11 is 0. The molecule has 0 unspecified atom stereocenters. The maximum Gasteiger partial charge on any atom is 0.392 e. The second-order valence-corrected chi connectivity index (χ2v) is 4.18. The van der Waals surface area contributed by atoms with E-state index in [4.69, 9.17) is 5.73 Å². The number of benzene rings is 1. The van der Waals surface area contributed by atoms with Crippen LogP contribution in [0.3, 0.4) is 0 Å². The van der Waals surface area contributed by atoms with Crippen LogP contribution in [-0.2, 0) is 0 Å². The molecule has 1 aliphatic rings. The number of anilines is 1. The number of nitrogens with zero attached hydrogens (tertiary/aromatic N) is 1. The predicted molar refractivity (Wildman–Crippen MR) is 54.4 cm³/mol. The largest absolute Gasteiger partial charge is 0.398 e. The van der Waals surface area contributed by atoms with Gasteiger partial charge < -0.3 is 5.73 Å². The summed E-state index contributed by atoms with van der Waals surface area (Å²) in [5.74, 6) is -3.61. The molecule has 1 aromatic rings. The molecule has 8 heteroatoms. The molecule has 0 bridgehead atoms. The third kappa shape index (κ3) is 2.09. The van der Waals surface area contributed by atoms with E-state index < -0.39 is 34.4 Å². The number of halogens is 4. The van der Waals surface area contributed by atoms with Crippen molar-refractivity contribution in [2.75, 3.05) is 5.73 Å². The van der Waals surface area contributed by atoms with E-state index in [9.17, 15) is 27.7 Å². The Balaban J connectivity index is 2.32. The molecule has 1 aliphatic carbocycles. The molecule has 0 spiro atoms. The topological polar surface area (TPSA) is 69.2 Å². The molecule has 0 saturated heterocycles. The van der Waals surface area contributed by atoms with Crippen LogP contribution in [0.2, 0.25) is 0 Å². The van der Waals surface area contributed by atoms with Crippen LogP contribution in [0.4, 0.5) is 28.9 Å². The predicted octanol–water partition coefficient (Wildman–Crippen LogP) is 2.98. The lowest BCUT2D eigenvalue weighted by Gasteiger charge is -2.08. The van der Waals surface area contributed by atoms with E-state index in [-0.39, 0.29) is 17.7 Å². The maximum atomic E-state index is 13.3. The highest BCUT2D eigenvalue weighted by Gasteiger charge is 2.56. The molecule has 1 aromatic carbocycles. The van der Waals surface area contributed by atoms with Gasteiger partial charge in [0.2, 0.25) is 5.82 Å². The summed E-state index contributed by atoms with van der Waals surface area (Å²) in [6.45, 7) is 0. The van der Waals surface area contributed by atoms with Gasteiger partial charge in [-0.2, -0.15) is 17.6 Å². The lowest BCUT2D eigenvalue weighted by atomic mass is 10.1. The third-order valence-electron chi connectivity index (χ3n) is 2.96. The number of alkyl halides is 3. The van der Waals surface area contributed by atoms with Gasteiger partial charge in [0, 0.05) is 11.8 Å². The summed E-state index contributed by atoms with van der Waals surface area (Å²) in [6.07, 6.45) is -4.51. The first-order chi connectivity index (χ1) is 8.21. The SMILES string of the molecule is Nc1cc([N+](=O)[O-])c(F)cc1[C@@H]1C[C@H]1C(F)(F)F. The molecular formula is C10H8F4N2O2. The maximum absolute atomic E-state index is 13.3. The van der Waals surface area contributed by atoms with E-state index in [1.165, 1.54) is 0 Å². The molecular weight excluding hydrogens is 256 g/mol. The minimum atomic E-state index is -4.35. The highest BCUT2D eigenvalue weighted by molar-refractivity contribution is 5.57. The number of hydrogen-bond donors (Lipinski definition) is 1. The van der Waals surface area contributed by atoms with Crippen molar-refractivity contribution in [3.8, 4) is 0 Å². The van der Waals surface area contributed by atoms with Crippen LogP contribution in [0.5, 0.6) is 0 Å². The lowest BCUT2D eigenvalue weighted by molar-refractivity contribution is -0.387. The van der Waals surface area contributed by atoms with Crippen molar-refractivity contribution in [2.24, 2.45) is 5.92 Å². The number of nitro benzene ring substituents is 1. The van der Waals surface area contributed by atoms with Gasteiger partial charge in [-0.3, -0.25) is 10.1 Å². The summed E-state index contributed by atoms with van der Waals surface area (Å²) in [6, 6.07) is 1.49. The van der Waals surface area contributed by atoms with Crippen molar-refractivity contribution in [1.82, 2.24) is 0 Å². The molecule has 98 valence electrons. The van der Waals surface area contributed by atoms with E-state index in [2.05, 4.69) is 0 Å². The van der Waals surface area contributed by atoms with Crippen molar-refractivity contribution in [3.05, 3.63) is 33.6 Å². The zero-order valence-electron chi connectivity index (χ0n) is 8.87. The third-order valence-corrected chi connectivity index (χ3v) is 2.96. The minimum Gasteiger partial charge on any atom is -0.398 e. The van der Waals surface area contributed by atoms with Crippen LogP contribution in [0.25, 0.3) is 0 Å². The molecule has 1 fully saturated rings. The first kappa shape index (κ1) is 12.6. The zero-order chi connectivity index (χ0) is 13.7. The summed E-state index contributed by atoms with van der Waals surface area (Å²) in [5, 5.41) is 10.4. The van der Waals surface area contributed by atoms with Crippen molar-refractivity contribution in [2.45, 2.75) is 18.5 Å². The van der Waals surface area contributed by atoms with Crippen molar-refractivity contribution >= 4 is 11.4 Å². The standard InChI is InChI=1S/C10H8F4N2O2/c11-7-2-5(4-1-6(4)10(12,13)14)8(15)3-9(7)16(17)18/h2-4,6H,1,15H2/t4-,6+/m0/s1. The van der Waals surface area contributed by atoms with Crippen molar-refractivity contribution in [1.29, 1.82) is 0 Å². The molecule has 0 amide bonds. The lowest BCUT2D eigenvalue weighted by Crippen LogP contribution is -2.12. The Morgan fingerprint density at radius 1 is 1.39 bits per heavy atom. The van der Waals surface area contributed by atoms with Crippen LogP contribution in [0.15, 0.2) is 12.1 Å². The summed E-state index contributed by atoms with van der Waals surface area (Å²) < 4.78 is 50.4. The molecule has 18 heavy (non-hydrogen) atoms. The molecule has 1 saturated carbocycles. The molecule has 2 rings (SSSR count). The number of nitrogen functional groups attached to an aromatic ring is 1. The Kier molecular flexibility index (Phi) is 2.67. The van der Waals surface area contributed by atoms with Gasteiger partial charge >= 0.3 is 11.9 Å². The van der Waals surface area contributed by atoms with Crippen LogP contribution in [0, 0.1) is 21.8 Å². The van der Waals surface area contributed by atoms with E-state index in [0.717, 1.165) is 12.1 Å². The molecule has 0 radical (unpaired) electrons. The zero-order valence-corrected chi connectivity index (χ0v) is 8.87. The average molecular weight is 264 g/mol. The van der Waals surface area contributed by atoms with Gasteiger partial charge in [-0.05, 0) is 24.0 Å². The molecule has 2 N–H and O–H groups in total. The molecule has 0 aromatic heterocycles. The van der Waals surface area contributed by atoms with Gasteiger partial charge in [0.15, 0.2) is 0 Å². The fourth-order valence-electron chi connectivity index (χ4n) is 1.95. The highest BCUT2D eigenvalue weighted by Crippen LogP contribution is 2.57. The Hall–Kier alpha value is -1.86. The van der Waals surface area contributed by atoms with E-state index in [0.29, 0.717) is 0 Å². The fraction of sp³-hybridized carbons (Fsp3) is 0.400. The normalized spacial score (nSPS) is 22.9. The van der Waals surface area contributed by atoms with Crippen LogP contribution in [0.1, 0.15) is 17.9 Å². The van der Waals surface area contributed by atoms with Gasteiger partial charge in [-0.25, -0.2) is 0 Å². The Labute approximate surface area is 98.5 Å². The highest BCUT2D eigenvalue weighted by atomic mass is 19.4. The Morgan fingerprint density at radius 3 is 2.44 bits per heavy atom. The van der Waals surface area contributed by atoms with Crippen LogP contribution >= 0.6 is 0 Å². The summed E-state index contributed by atoms with van der Waals surface area (Å²) in [4.78, 5) is 9.46. The summed E-state index contributed by atoms with van der Waals surface area (Å²) in [5.41, 5.74) is 4.41. The number of nitrogens with two attached hydrogens (primary N) is 1. The Morgan fingerprint density at radius 2 is 2.00 bits per heavy atom. The van der Waals surface area contributed by atoms with Crippen LogP contribution in [-0.4, -0.2) is 11.1 Å². The molecule has 2 atom stereocenters.